The van der Waals surface area contributed by atoms with Crippen LogP contribution in [0.25, 0.3) is 144 Å². The summed E-state index contributed by atoms with van der Waals surface area (Å²) in [7, 11) is 0. The molecule has 362 valence electrons. The Morgan fingerprint density at radius 3 is 1.09 bits per heavy atom. The number of benzene rings is 11. The van der Waals surface area contributed by atoms with Gasteiger partial charge in [-0.3, -0.25) is 0 Å². The second-order valence-electron chi connectivity index (χ2n) is 20.0. The van der Waals surface area contributed by atoms with Gasteiger partial charge in [0.15, 0.2) is 5.82 Å². The molecule has 0 amide bonds. The monoisotopic (exact) mass is 993 g/mol. The van der Waals surface area contributed by atoms with Crippen molar-refractivity contribution in [1.82, 2.24) is 28.2 Å². The molecule has 5 aromatic heterocycles. The lowest BCUT2D eigenvalue weighted by molar-refractivity contribution is 1.11. The predicted octanol–water partition coefficient (Wildman–Crippen LogP) is 17.7. The predicted molar refractivity (Wildman–Crippen MR) is 320 cm³/mol. The summed E-state index contributed by atoms with van der Waals surface area (Å²) in [6.07, 6.45) is 0. The summed E-state index contributed by atoms with van der Waals surface area (Å²) in [5.74, 6) is 0.597. The van der Waals surface area contributed by atoms with Crippen LogP contribution in [-0.4, -0.2) is 28.2 Å². The number of para-hydroxylation sites is 6. The van der Waals surface area contributed by atoms with Crippen LogP contribution >= 0.6 is 0 Å². The van der Waals surface area contributed by atoms with Gasteiger partial charge in [0.25, 0.3) is 0 Å². The summed E-state index contributed by atoms with van der Waals surface area (Å²) in [4.78, 5) is 10.6. The third-order valence-electron chi connectivity index (χ3n) is 15.8. The van der Waals surface area contributed by atoms with Gasteiger partial charge in [-0.05, 0) is 91.0 Å². The summed E-state index contributed by atoms with van der Waals surface area (Å²) in [5.41, 5.74) is 17.1. The fourth-order valence-corrected chi connectivity index (χ4v) is 12.4. The zero-order valence-corrected chi connectivity index (χ0v) is 42.0. The number of fused-ring (bicyclic) bond motifs is 12. The molecule has 0 fully saturated rings. The van der Waals surface area contributed by atoms with Gasteiger partial charge in [0, 0.05) is 71.2 Å². The minimum absolute atomic E-state index is 0.512. The molecular weight excluding hydrogens is 951 g/mol. The molecule has 0 aliphatic carbocycles. The quantitative estimate of drug-likeness (QED) is 0.160. The van der Waals surface area contributed by atoms with Gasteiger partial charge in [-0.15, -0.1) is 0 Å². The number of rotatable bonds is 7. The van der Waals surface area contributed by atoms with Gasteiger partial charge in [0.05, 0.1) is 72.5 Å². The van der Waals surface area contributed by atoms with E-state index in [4.69, 9.17) is 9.97 Å². The fourth-order valence-electron chi connectivity index (χ4n) is 12.4. The van der Waals surface area contributed by atoms with Crippen molar-refractivity contribution in [3.8, 4) is 62.7 Å². The second-order valence-corrected chi connectivity index (χ2v) is 20.0. The highest BCUT2D eigenvalue weighted by atomic mass is 15.0. The topological polar surface area (TPSA) is 69.3 Å². The Hall–Kier alpha value is -10.8. The normalized spacial score (nSPS) is 11.8. The zero-order valence-electron chi connectivity index (χ0n) is 42.0. The first-order chi connectivity index (χ1) is 38.7. The van der Waals surface area contributed by atoms with E-state index in [1.807, 2.05) is 36.4 Å². The number of hydrogen-bond acceptors (Lipinski definition) is 3. The second kappa shape index (κ2) is 17.1. The lowest BCUT2D eigenvalue weighted by atomic mass is 10.0. The lowest BCUT2D eigenvalue weighted by Crippen LogP contribution is -2.05. The molecule has 78 heavy (non-hydrogen) atoms. The van der Waals surface area contributed by atoms with E-state index < -0.39 is 0 Å². The third-order valence-corrected chi connectivity index (χ3v) is 15.8. The summed E-state index contributed by atoms with van der Waals surface area (Å²) in [6.45, 7) is 0. The first-order valence-corrected chi connectivity index (χ1v) is 26.3. The van der Waals surface area contributed by atoms with Crippen molar-refractivity contribution in [2.75, 3.05) is 0 Å². The van der Waals surface area contributed by atoms with Crippen LogP contribution in [0.4, 0.5) is 0 Å². The molecule has 7 heteroatoms. The van der Waals surface area contributed by atoms with Crippen molar-refractivity contribution in [3.05, 3.63) is 266 Å². The third kappa shape index (κ3) is 6.51. The Morgan fingerprint density at radius 2 is 0.641 bits per heavy atom. The summed E-state index contributed by atoms with van der Waals surface area (Å²) in [5, 5.41) is 20.9. The van der Waals surface area contributed by atoms with Crippen molar-refractivity contribution in [1.29, 1.82) is 5.26 Å². The summed E-state index contributed by atoms with van der Waals surface area (Å²) in [6, 6.07) is 94.9. The first kappa shape index (κ1) is 43.6. The standard InChI is InChI=1S/C71H43N7/c72-44-47-39-58(60-42-59(45-19-3-1-4-20-45)73-71(74-60)46-21-5-2-6-22-46)70(78-66-34-18-12-28-55(66)57-41-49(36-38-68(57)78)76-63-31-15-9-25-52(63)53-26-10-16-32-64(53)76)43-69(47)77-65-33-17-11-27-54(65)56-40-48(35-37-67(56)77)75-61-29-13-7-23-50(61)51-24-8-14-30-62(51)75/h1-43H. The molecule has 7 nitrogen and oxygen atoms in total. The van der Waals surface area contributed by atoms with Crippen LogP contribution in [-0.2, 0) is 0 Å². The van der Waals surface area contributed by atoms with E-state index in [1.165, 1.54) is 21.5 Å². The van der Waals surface area contributed by atoms with Gasteiger partial charge in [0.1, 0.15) is 6.07 Å². The van der Waals surface area contributed by atoms with Gasteiger partial charge >= 0.3 is 0 Å². The van der Waals surface area contributed by atoms with E-state index in [1.54, 1.807) is 0 Å². The van der Waals surface area contributed by atoms with E-state index in [2.05, 4.69) is 249 Å². The van der Waals surface area contributed by atoms with Gasteiger partial charge in [0.2, 0.25) is 0 Å². The van der Waals surface area contributed by atoms with Gasteiger partial charge in [-0.25, -0.2) is 9.97 Å². The van der Waals surface area contributed by atoms with E-state index in [-0.39, 0.29) is 0 Å². The summed E-state index contributed by atoms with van der Waals surface area (Å²) >= 11 is 0. The molecule has 0 spiro atoms. The van der Waals surface area contributed by atoms with E-state index in [0.29, 0.717) is 17.1 Å². The van der Waals surface area contributed by atoms with Crippen molar-refractivity contribution in [2.24, 2.45) is 0 Å². The molecule has 0 saturated heterocycles. The maximum atomic E-state index is 11.6. The minimum Gasteiger partial charge on any atom is -0.309 e. The van der Waals surface area contributed by atoms with Crippen molar-refractivity contribution >= 4 is 87.2 Å². The molecule has 0 aliphatic rings. The molecule has 0 radical (unpaired) electrons. The molecule has 0 unspecified atom stereocenters. The highest BCUT2D eigenvalue weighted by molar-refractivity contribution is 6.15. The van der Waals surface area contributed by atoms with Crippen LogP contribution in [0.2, 0.25) is 0 Å². The van der Waals surface area contributed by atoms with Gasteiger partial charge < -0.3 is 18.3 Å². The minimum atomic E-state index is 0.512. The Balaban J connectivity index is 0.991. The number of aromatic nitrogens is 6. The number of nitriles is 1. The first-order valence-electron chi connectivity index (χ1n) is 26.3. The van der Waals surface area contributed by atoms with Crippen LogP contribution in [0.1, 0.15) is 5.56 Å². The molecule has 5 heterocycles. The average Bonchev–Trinajstić information content (AvgIpc) is 4.44. The molecule has 0 aliphatic heterocycles. The molecule has 16 rings (SSSR count). The SMILES string of the molecule is N#Cc1cc(-c2cc(-c3ccccc3)nc(-c3ccccc3)n2)c(-n2c3ccccc3c3cc(-n4c5ccccc5c5ccccc54)ccc32)cc1-n1c2ccccc2c2cc(-n3c4ccccc4c4ccccc43)ccc21. The van der Waals surface area contributed by atoms with Crippen LogP contribution in [0.15, 0.2) is 261 Å². The van der Waals surface area contributed by atoms with E-state index in [9.17, 15) is 5.26 Å². The van der Waals surface area contributed by atoms with Crippen LogP contribution in [0.5, 0.6) is 0 Å². The van der Waals surface area contributed by atoms with Crippen molar-refractivity contribution in [3.63, 3.8) is 0 Å². The Kier molecular flexibility index (Phi) is 9.56. The van der Waals surface area contributed by atoms with Crippen LogP contribution in [0, 0.1) is 11.3 Å². The van der Waals surface area contributed by atoms with Crippen molar-refractivity contribution in [2.45, 2.75) is 0 Å². The smallest absolute Gasteiger partial charge is 0.160 e. The molecule has 0 saturated carbocycles. The average molecular weight is 994 g/mol. The molecular formula is C71H43N7. The van der Waals surface area contributed by atoms with E-state index in [0.717, 1.165) is 111 Å². The molecule has 0 bridgehead atoms. The molecule has 0 N–H and O–H groups in total. The highest BCUT2D eigenvalue weighted by Crippen LogP contribution is 2.44. The Bertz CT molecular complexity index is 5000. The van der Waals surface area contributed by atoms with Gasteiger partial charge in [-0.2, -0.15) is 5.26 Å². The highest BCUT2D eigenvalue weighted by Gasteiger charge is 2.25. The van der Waals surface area contributed by atoms with Crippen LogP contribution < -0.4 is 0 Å². The summed E-state index contributed by atoms with van der Waals surface area (Å²) < 4.78 is 9.41. The number of hydrogen-bond donors (Lipinski definition) is 0. The molecule has 11 aromatic carbocycles. The van der Waals surface area contributed by atoms with Gasteiger partial charge in [-0.1, -0.05) is 170 Å². The molecule has 0 atom stereocenters. The largest absolute Gasteiger partial charge is 0.309 e. The Labute approximate surface area is 447 Å². The van der Waals surface area contributed by atoms with Crippen LogP contribution in [0.3, 0.4) is 0 Å². The van der Waals surface area contributed by atoms with E-state index >= 15 is 0 Å². The Morgan fingerprint density at radius 1 is 0.282 bits per heavy atom. The van der Waals surface area contributed by atoms with Crippen molar-refractivity contribution < 1.29 is 0 Å². The zero-order chi connectivity index (χ0) is 51.4. The molecule has 16 aromatic rings. The lowest BCUT2D eigenvalue weighted by Gasteiger charge is -2.19. The fraction of sp³-hybridized carbons (Fsp3) is 0. The maximum absolute atomic E-state index is 11.6. The maximum Gasteiger partial charge on any atom is 0.160 e. The number of nitrogens with zero attached hydrogens (tertiary/aromatic N) is 7.